The molecule has 0 aliphatic rings. The van der Waals surface area contributed by atoms with Crippen molar-refractivity contribution in [2.45, 2.75) is 0 Å². The van der Waals surface area contributed by atoms with E-state index in [0.29, 0.717) is 5.82 Å². The van der Waals surface area contributed by atoms with Crippen LogP contribution in [0.25, 0.3) is 104 Å². The molecule has 0 spiro atoms. The van der Waals surface area contributed by atoms with Gasteiger partial charge >= 0.3 is 0 Å². The Bertz CT molecular complexity index is 3210. The highest BCUT2D eigenvalue weighted by Crippen LogP contribution is 2.39. The van der Waals surface area contributed by atoms with E-state index in [1.807, 2.05) is 0 Å². The van der Waals surface area contributed by atoms with Crippen molar-refractivity contribution in [1.29, 1.82) is 0 Å². The maximum Gasteiger partial charge on any atom is 0.162 e. The van der Waals surface area contributed by atoms with Crippen molar-refractivity contribution in [3.05, 3.63) is 176 Å². The molecule has 2 heterocycles. The molecule has 0 N–H and O–H groups in total. The van der Waals surface area contributed by atoms with Crippen LogP contribution in [0.3, 0.4) is 0 Å². The van der Waals surface area contributed by atoms with Crippen molar-refractivity contribution in [2.24, 2.45) is 0 Å². The Morgan fingerprint density at radius 2 is 0.882 bits per heavy atom. The van der Waals surface area contributed by atoms with Gasteiger partial charge in [0.2, 0.25) is 0 Å². The Labute approximate surface area is 293 Å². The average Bonchev–Trinajstić information content (AvgIpc) is 3.51. The van der Waals surface area contributed by atoms with Crippen LogP contribution in [0.1, 0.15) is 0 Å². The van der Waals surface area contributed by atoms with Gasteiger partial charge in [-0.25, -0.2) is 9.97 Å². The zero-order valence-electron chi connectivity index (χ0n) is 27.6. The number of fused-ring (bicyclic) bond motifs is 9. The molecule has 0 aliphatic carbocycles. The molecule has 3 nitrogen and oxygen atoms in total. The number of hydrogen-bond donors (Lipinski definition) is 0. The molecule has 236 valence electrons. The first kappa shape index (κ1) is 28.0. The summed E-state index contributed by atoms with van der Waals surface area (Å²) in [5.74, 6) is 1.59. The standard InChI is InChI=1S/C48H29N3/c1-2-11-32-25-35(19-17-30(32)9-1)36-22-24-45-42(28-36)43-27-33-12-3-4-13-34(33)29-46(43)51(45)48-41-15-7-8-16-44(41)49-47(50-48)38-21-23-40-37(26-38)20-18-31-10-5-6-14-39(31)40/h1-29H. The minimum absolute atomic E-state index is 0.710. The number of para-hydroxylation sites is 1. The summed E-state index contributed by atoms with van der Waals surface area (Å²) < 4.78 is 2.35. The predicted octanol–water partition coefficient (Wildman–Crippen LogP) is 12.7. The third kappa shape index (κ3) is 4.38. The van der Waals surface area contributed by atoms with Crippen LogP contribution in [0.5, 0.6) is 0 Å². The van der Waals surface area contributed by atoms with E-state index in [0.717, 1.165) is 33.3 Å². The van der Waals surface area contributed by atoms with Gasteiger partial charge in [0.05, 0.1) is 16.6 Å². The number of rotatable bonds is 3. The van der Waals surface area contributed by atoms with Gasteiger partial charge in [-0.15, -0.1) is 0 Å². The maximum atomic E-state index is 5.43. The van der Waals surface area contributed by atoms with E-state index in [9.17, 15) is 0 Å². The zero-order valence-corrected chi connectivity index (χ0v) is 27.6. The van der Waals surface area contributed by atoms with Crippen molar-refractivity contribution in [2.75, 3.05) is 0 Å². The number of nitrogens with zero attached hydrogens (tertiary/aromatic N) is 3. The quantitative estimate of drug-likeness (QED) is 0.179. The van der Waals surface area contributed by atoms with Crippen molar-refractivity contribution in [3.8, 4) is 28.3 Å². The monoisotopic (exact) mass is 647 g/mol. The first-order valence-electron chi connectivity index (χ1n) is 17.4. The molecule has 2 aromatic heterocycles. The van der Waals surface area contributed by atoms with E-state index in [-0.39, 0.29) is 0 Å². The maximum absolute atomic E-state index is 5.43. The van der Waals surface area contributed by atoms with Crippen molar-refractivity contribution >= 4 is 75.8 Å². The predicted molar refractivity (Wildman–Crippen MR) is 215 cm³/mol. The molecule has 0 saturated carbocycles. The van der Waals surface area contributed by atoms with Gasteiger partial charge in [-0.05, 0) is 103 Å². The molecule has 0 saturated heterocycles. The SMILES string of the molecule is c1ccc2cc(-c3ccc4c(c3)c3cc5ccccc5cc3n4-c3nc(-c4ccc5c(ccc6ccccc65)c4)nc4ccccc34)ccc2c1. The molecular formula is C48H29N3. The molecule has 11 aromatic rings. The Kier molecular flexibility index (Phi) is 5.96. The first-order chi connectivity index (χ1) is 25.2. The molecule has 0 aliphatic heterocycles. The Balaban J connectivity index is 1.18. The third-order valence-corrected chi connectivity index (χ3v) is 10.5. The van der Waals surface area contributed by atoms with E-state index in [1.165, 1.54) is 65.0 Å². The lowest BCUT2D eigenvalue weighted by atomic mass is 9.99. The summed E-state index contributed by atoms with van der Waals surface area (Å²) in [6, 6.07) is 63.4. The van der Waals surface area contributed by atoms with Crippen molar-refractivity contribution in [1.82, 2.24) is 14.5 Å². The summed E-state index contributed by atoms with van der Waals surface area (Å²) in [7, 11) is 0. The van der Waals surface area contributed by atoms with Gasteiger partial charge < -0.3 is 0 Å². The smallest absolute Gasteiger partial charge is 0.162 e. The van der Waals surface area contributed by atoms with E-state index >= 15 is 0 Å². The Hall–Kier alpha value is -6.84. The fourth-order valence-corrected chi connectivity index (χ4v) is 7.99. The van der Waals surface area contributed by atoms with Crippen LogP contribution in [0.15, 0.2) is 176 Å². The van der Waals surface area contributed by atoms with E-state index in [1.54, 1.807) is 0 Å². The summed E-state index contributed by atoms with van der Waals surface area (Å²) >= 11 is 0. The molecule has 0 unspecified atom stereocenters. The fourth-order valence-electron chi connectivity index (χ4n) is 7.99. The van der Waals surface area contributed by atoms with Gasteiger partial charge in [-0.3, -0.25) is 4.57 Å². The van der Waals surface area contributed by atoms with Crippen LogP contribution in [0, 0.1) is 0 Å². The molecular weight excluding hydrogens is 619 g/mol. The van der Waals surface area contributed by atoms with Crippen LogP contribution in [-0.2, 0) is 0 Å². The van der Waals surface area contributed by atoms with E-state index < -0.39 is 0 Å². The number of benzene rings is 9. The molecule has 0 fully saturated rings. The van der Waals surface area contributed by atoms with Crippen LogP contribution in [-0.4, -0.2) is 14.5 Å². The molecule has 0 atom stereocenters. The minimum Gasteiger partial charge on any atom is -0.293 e. The molecule has 0 radical (unpaired) electrons. The lowest BCUT2D eigenvalue weighted by Gasteiger charge is -2.13. The normalized spacial score (nSPS) is 11.9. The van der Waals surface area contributed by atoms with E-state index in [2.05, 4.69) is 180 Å². The fraction of sp³-hybridized carbons (Fsp3) is 0. The van der Waals surface area contributed by atoms with Crippen LogP contribution in [0.2, 0.25) is 0 Å². The Morgan fingerprint density at radius 3 is 1.75 bits per heavy atom. The molecule has 0 amide bonds. The Morgan fingerprint density at radius 1 is 0.314 bits per heavy atom. The van der Waals surface area contributed by atoms with Gasteiger partial charge in [-0.1, -0.05) is 127 Å². The highest BCUT2D eigenvalue weighted by molar-refractivity contribution is 6.15. The highest BCUT2D eigenvalue weighted by Gasteiger charge is 2.19. The van der Waals surface area contributed by atoms with Crippen LogP contribution < -0.4 is 0 Å². The first-order valence-corrected chi connectivity index (χ1v) is 17.4. The van der Waals surface area contributed by atoms with Gasteiger partial charge in [0.1, 0.15) is 5.82 Å². The summed E-state index contributed by atoms with van der Waals surface area (Å²) in [4.78, 5) is 10.6. The summed E-state index contributed by atoms with van der Waals surface area (Å²) in [5, 5.41) is 13.2. The van der Waals surface area contributed by atoms with Crippen LogP contribution in [0.4, 0.5) is 0 Å². The minimum atomic E-state index is 0.710. The largest absolute Gasteiger partial charge is 0.293 e. The molecule has 0 bridgehead atoms. The highest BCUT2D eigenvalue weighted by atomic mass is 15.1. The van der Waals surface area contributed by atoms with E-state index in [4.69, 9.17) is 9.97 Å². The van der Waals surface area contributed by atoms with Crippen molar-refractivity contribution < 1.29 is 0 Å². The summed E-state index contributed by atoms with van der Waals surface area (Å²) in [6.07, 6.45) is 0. The molecule has 9 aromatic carbocycles. The van der Waals surface area contributed by atoms with Gasteiger partial charge in [0.15, 0.2) is 5.82 Å². The molecule has 3 heteroatoms. The summed E-state index contributed by atoms with van der Waals surface area (Å²) in [6.45, 7) is 0. The lowest BCUT2D eigenvalue weighted by molar-refractivity contribution is 1.08. The second-order valence-electron chi connectivity index (χ2n) is 13.5. The lowest BCUT2D eigenvalue weighted by Crippen LogP contribution is -2.02. The second kappa shape index (κ2) is 10.8. The zero-order chi connectivity index (χ0) is 33.5. The third-order valence-electron chi connectivity index (χ3n) is 10.5. The van der Waals surface area contributed by atoms with Crippen LogP contribution >= 0.6 is 0 Å². The molecule has 11 rings (SSSR count). The van der Waals surface area contributed by atoms with Gasteiger partial charge in [-0.2, -0.15) is 0 Å². The van der Waals surface area contributed by atoms with Gasteiger partial charge in [0, 0.05) is 21.7 Å². The second-order valence-corrected chi connectivity index (χ2v) is 13.5. The van der Waals surface area contributed by atoms with Crippen molar-refractivity contribution in [3.63, 3.8) is 0 Å². The summed E-state index contributed by atoms with van der Waals surface area (Å²) in [5.41, 5.74) is 6.55. The number of hydrogen-bond acceptors (Lipinski definition) is 2. The average molecular weight is 648 g/mol. The van der Waals surface area contributed by atoms with Gasteiger partial charge in [0.25, 0.3) is 0 Å². The topological polar surface area (TPSA) is 30.7 Å². The number of aromatic nitrogens is 3. The molecule has 51 heavy (non-hydrogen) atoms.